The van der Waals surface area contributed by atoms with Crippen molar-refractivity contribution in [2.45, 2.75) is 25.4 Å². The number of alkyl halides is 3. The molecule has 0 radical (unpaired) electrons. The predicted molar refractivity (Wildman–Crippen MR) is 112 cm³/mol. The van der Waals surface area contributed by atoms with E-state index < -0.39 is 23.5 Å². The second-order valence-corrected chi connectivity index (χ2v) is 6.93. The van der Waals surface area contributed by atoms with Gasteiger partial charge in [0.05, 0.1) is 13.5 Å². The Bertz CT molecular complexity index is 1130. The minimum absolute atomic E-state index is 0.0362. The summed E-state index contributed by atoms with van der Waals surface area (Å²) < 4.78 is 56.8. The van der Waals surface area contributed by atoms with E-state index in [1.54, 1.807) is 24.3 Å². The number of carbonyl (C=O) groups is 2. The van der Waals surface area contributed by atoms with Gasteiger partial charge in [0.15, 0.2) is 0 Å². The van der Waals surface area contributed by atoms with Crippen molar-refractivity contribution >= 4 is 12.3 Å². The Hall–Kier alpha value is -3.88. The van der Waals surface area contributed by atoms with Crippen LogP contribution in [0.5, 0.6) is 23.1 Å². The number of aryl methyl sites for hydroxylation is 1. The first-order valence-electron chi connectivity index (χ1n) is 9.91. The summed E-state index contributed by atoms with van der Waals surface area (Å²) in [6.07, 6.45) is -3.31. The third kappa shape index (κ3) is 6.80. The Morgan fingerprint density at radius 1 is 1.00 bits per heavy atom. The monoisotopic (exact) mass is 459 g/mol. The van der Waals surface area contributed by atoms with Crippen LogP contribution in [0.15, 0.2) is 60.7 Å². The van der Waals surface area contributed by atoms with Crippen molar-refractivity contribution in [3.63, 3.8) is 0 Å². The van der Waals surface area contributed by atoms with E-state index in [1.165, 1.54) is 31.4 Å². The van der Waals surface area contributed by atoms with Crippen LogP contribution in [0.1, 0.15) is 23.2 Å². The van der Waals surface area contributed by atoms with Crippen LogP contribution in [0, 0.1) is 0 Å². The van der Waals surface area contributed by atoms with E-state index >= 15 is 0 Å². The number of benzene rings is 2. The van der Waals surface area contributed by atoms with Gasteiger partial charge in [-0.3, -0.25) is 4.79 Å². The number of hydrogen-bond acceptors (Lipinski definition) is 6. The number of pyridine rings is 1. The number of hydrogen-bond donors (Lipinski definition) is 0. The van der Waals surface area contributed by atoms with Gasteiger partial charge in [0.1, 0.15) is 29.1 Å². The molecule has 172 valence electrons. The van der Waals surface area contributed by atoms with E-state index in [9.17, 15) is 22.8 Å². The van der Waals surface area contributed by atoms with Crippen molar-refractivity contribution in [1.29, 1.82) is 0 Å². The third-order valence-electron chi connectivity index (χ3n) is 4.48. The average Bonchev–Trinajstić information content (AvgIpc) is 2.78. The number of nitrogens with zero attached hydrogens (tertiary/aromatic N) is 1. The van der Waals surface area contributed by atoms with Gasteiger partial charge in [-0.05, 0) is 48.4 Å². The first-order chi connectivity index (χ1) is 15.8. The lowest BCUT2D eigenvalue weighted by molar-refractivity contribution is -0.140. The molecular weight excluding hydrogens is 439 g/mol. The SMILES string of the molecule is COC(=O)Cc1cccc(Oc2ccc(Oc3cccc(CCC=O)n3)cc2C(F)(F)F)c1. The van der Waals surface area contributed by atoms with Crippen LogP contribution in [0.3, 0.4) is 0 Å². The van der Waals surface area contributed by atoms with E-state index in [4.69, 9.17) is 9.47 Å². The molecule has 1 heterocycles. The van der Waals surface area contributed by atoms with Crippen molar-refractivity contribution in [2.24, 2.45) is 0 Å². The molecule has 0 aliphatic heterocycles. The molecule has 0 amide bonds. The van der Waals surface area contributed by atoms with Gasteiger partial charge < -0.3 is 19.0 Å². The molecule has 0 fully saturated rings. The third-order valence-corrected chi connectivity index (χ3v) is 4.48. The van der Waals surface area contributed by atoms with Crippen molar-refractivity contribution in [1.82, 2.24) is 4.98 Å². The van der Waals surface area contributed by atoms with Gasteiger partial charge >= 0.3 is 12.1 Å². The van der Waals surface area contributed by atoms with Gasteiger partial charge in [0, 0.05) is 18.2 Å². The van der Waals surface area contributed by atoms with Crippen LogP contribution >= 0.6 is 0 Å². The van der Waals surface area contributed by atoms with Crippen LogP contribution < -0.4 is 9.47 Å². The maximum absolute atomic E-state index is 13.7. The summed E-state index contributed by atoms with van der Waals surface area (Å²) in [5.41, 5.74) is 0.0892. The van der Waals surface area contributed by atoms with Crippen LogP contribution in [0.25, 0.3) is 0 Å². The molecule has 0 aliphatic carbocycles. The maximum atomic E-state index is 13.7. The molecule has 0 saturated heterocycles. The van der Waals surface area contributed by atoms with Crippen LogP contribution in [-0.4, -0.2) is 24.3 Å². The lowest BCUT2D eigenvalue weighted by Crippen LogP contribution is -2.08. The van der Waals surface area contributed by atoms with Gasteiger partial charge in [-0.1, -0.05) is 18.2 Å². The molecule has 0 saturated carbocycles. The van der Waals surface area contributed by atoms with Gasteiger partial charge in [0.25, 0.3) is 0 Å². The minimum Gasteiger partial charge on any atom is -0.469 e. The second-order valence-electron chi connectivity index (χ2n) is 6.93. The molecule has 0 aliphatic rings. The number of halogens is 3. The fourth-order valence-corrected chi connectivity index (χ4v) is 2.95. The van der Waals surface area contributed by atoms with E-state index in [-0.39, 0.29) is 30.2 Å². The number of carbonyl (C=O) groups excluding carboxylic acids is 2. The van der Waals surface area contributed by atoms with E-state index in [0.717, 1.165) is 18.4 Å². The highest BCUT2D eigenvalue weighted by molar-refractivity contribution is 5.72. The number of methoxy groups -OCH3 is 1. The van der Waals surface area contributed by atoms with Crippen molar-refractivity contribution < 1.29 is 37.0 Å². The highest BCUT2D eigenvalue weighted by Gasteiger charge is 2.35. The molecule has 0 spiro atoms. The molecule has 0 bridgehead atoms. The minimum atomic E-state index is -4.71. The van der Waals surface area contributed by atoms with Crippen molar-refractivity contribution in [3.05, 3.63) is 77.5 Å². The van der Waals surface area contributed by atoms with E-state index in [0.29, 0.717) is 17.7 Å². The predicted octanol–water partition coefficient (Wildman–Crippen LogP) is 5.53. The summed E-state index contributed by atoms with van der Waals surface area (Å²) in [5, 5.41) is 0. The van der Waals surface area contributed by atoms with Crippen molar-refractivity contribution in [2.75, 3.05) is 7.11 Å². The Morgan fingerprint density at radius 2 is 1.76 bits per heavy atom. The maximum Gasteiger partial charge on any atom is 0.420 e. The summed E-state index contributed by atoms with van der Waals surface area (Å²) in [5.74, 6) is -0.726. The molecule has 0 unspecified atom stereocenters. The lowest BCUT2D eigenvalue weighted by atomic mass is 10.1. The zero-order valence-electron chi connectivity index (χ0n) is 17.6. The number of aromatic nitrogens is 1. The molecule has 3 aromatic rings. The zero-order chi connectivity index (χ0) is 23.8. The van der Waals surface area contributed by atoms with Crippen molar-refractivity contribution in [3.8, 4) is 23.1 Å². The van der Waals surface area contributed by atoms with Crippen LogP contribution in [0.2, 0.25) is 0 Å². The number of rotatable bonds is 9. The number of aldehydes is 1. The smallest absolute Gasteiger partial charge is 0.420 e. The van der Waals surface area contributed by atoms with Gasteiger partial charge in [-0.15, -0.1) is 0 Å². The zero-order valence-corrected chi connectivity index (χ0v) is 17.6. The highest BCUT2D eigenvalue weighted by Crippen LogP contribution is 2.41. The number of esters is 1. The normalized spacial score (nSPS) is 11.0. The fraction of sp³-hybridized carbons (Fsp3) is 0.208. The Labute approximate surface area is 187 Å². The molecule has 0 N–H and O–H groups in total. The summed E-state index contributed by atoms with van der Waals surface area (Å²) >= 11 is 0. The largest absolute Gasteiger partial charge is 0.469 e. The molecule has 2 aromatic carbocycles. The molecule has 9 heteroatoms. The van der Waals surface area contributed by atoms with Crippen LogP contribution in [0.4, 0.5) is 13.2 Å². The molecule has 3 rings (SSSR count). The van der Waals surface area contributed by atoms with E-state index in [2.05, 4.69) is 9.72 Å². The molecule has 6 nitrogen and oxygen atoms in total. The van der Waals surface area contributed by atoms with E-state index in [1.807, 2.05) is 0 Å². The number of ether oxygens (including phenoxy) is 3. The van der Waals surface area contributed by atoms with Gasteiger partial charge in [0.2, 0.25) is 5.88 Å². The Kier molecular flexibility index (Phi) is 7.66. The standard InChI is InChI=1S/C24H20F3NO5/c1-31-23(30)14-16-5-2-8-18(13-16)32-21-11-10-19(15-20(21)24(25,26)27)33-22-9-3-6-17(28-22)7-4-12-29/h2-3,5-6,8-13,15H,4,7,14H2,1H3. The quantitative estimate of drug-likeness (QED) is 0.309. The van der Waals surface area contributed by atoms with Gasteiger partial charge in [-0.2, -0.15) is 13.2 Å². The summed E-state index contributed by atoms with van der Waals surface area (Å²) in [7, 11) is 1.25. The second kappa shape index (κ2) is 10.6. The lowest BCUT2D eigenvalue weighted by Gasteiger charge is -2.16. The highest BCUT2D eigenvalue weighted by atomic mass is 19.4. The molecule has 1 aromatic heterocycles. The topological polar surface area (TPSA) is 74.7 Å². The average molecular weight is 459 g/mol. The first kappa shape index (κ1) is 23.8. The first-order valence-corrected chi connectivity index (χ1v) is 9.91. The summed E-state index contributed by atoms with van der Waals surface area (Å²) in [4.78, 5) is 26.2. The van der Waals surface area contributed by atoms with Crippen LogP contribution in [-0.2, 0) is 33.3 Å². The molecule has 33 heavy (non-hydrogen) atoms. The summed E-state index contributed by atoms with van der Waals surface area (Å²) in [6, 6.07) is 14.3. The van der Waals surface area contributed by atoms with Gasteiger partial charge in [-0.25, -0.2) is 4.98 Å². The molecular formula is C24H20F3NO5. The summed E-state index contributed by atoms with van der Waals surface area (Å²) in [6.45, 7) is 0. The Morgan fingerprint density at radius 3 is 2.48 bits per heavy atom. The Balaban J connectivity index is 1.84. The fourth-order valence-electron chi connectivity index (χ4n) is 2.95. The molecule has 0 atom stereocenters.